The van der Waals surface area contributed by atoms with Crippen molar-refractivity contribution >= 4 is 29.2 Å². The molecule has 2 aromatic heterocycles. The number of para-hydroxylation sites is 1. The van der Waals surface area contributed by atoms with Crippen LogP contribution in [0.3, 0.4) is 0 Å². The molecule has 3 rings (SSSR count). The topological polar surface area (TPSA) is 96.6 Å². The molecule has 0 spiro atoms. The Balaban J connectivity index is 1.75. The minimum absolute atomic E-state index is 0.380. The van der Waals surface area contributed by atoms with Crippen molar-refractivity contribution in [2.45, 2.75) is 26.9 Å². The van der Waals surface area contributed by atoms with Crippen LogP contribution in [0.15, 0.2) is 58.1 Å². The smallest absolute Gasteiger partial charge is 0.229 e. The van der Waals surface area contributed by atoms with Crippen molar-refractivity contribution < 1.29 is 9.15 Å². The van der Waals surface area contributed by atoms with Gasteiger partial charge >= 0.3 is 0 Å². The molecule has 2 heterocycles. The van der Waals surface area contributed by atoms with Gasteiger partial charge in [-0.25, -0.2) is 15.0 Å². The summed E-state index contributed by atoms with van der Waals surface area (Å²) >= 11 is 5.40. The fraction of sp³-hybridized carbons (Fsp3) is 0.238. The second kappa shape index (κ2) is 10.4. The molecule has 9 heteroatoms. The summed E-state index contributed by atoms with van der Waals surface area (Å²) in [7, 11) is 1.64. The van der Waals surface area contributed by atoms with Crippen molar-refractivity contribution in [2.75, 3.05) is 12.4 Å². The van der Waals surface area contributed by atoms with Crippen molar-refractivity contribution in [3.8, 4) is 5.75 Å². The van der Waals surface area contributed by atoms with Gasteiger partial charge in [0.2, 0.25) is 11.9 Å². The molecule has 3 N–H and O–H groups in total. The van der Waals surface area contributed by atoms with Crippen LogP contribution in [-0.2, 0) is 13.1 Å². The number of anilines is 1. The van der Waals surface area contributed by atoms with E-state index in [1.807, 2.05) is 56.3 Å². The largest absolute Gasteiger partial charge is 0.496 e. The number of guanidine groups is 1. The van der Waals surface area contributed by atoms with E-state index in [-0.39, 0.29) is 0 Å². The SMILES string of the molecule is COc1ccccc1CN=C(NC(=S)NCc1ccco1)Nc1nc(C)cc(C)n1. The number of nitrogens with zero attached hydrogens (tertiary/aromatic N) is 3. The van der Waals surface area contributed by atoms with Crippen LogP contribution in [-0.4, -0.2) is 28.1 Å². The highest BCUT2D eigenvalue weighted by molar-refractivity contribution is 7.80. The van der Waals surface area contributed by atoms with Gasteiger partial charge in [-0.15, -0.1) is 0 Å². The number of aliphatic imine (C=N–C) groups is 1. The second-order valence-corrected chi connectivity index (χ2v) is 6.87. The Morgan fingerprint density at radius 3 is 2.60 bits per heavy atom. The Bertz CT molecular complexity index is 1000. The van der Waals surface area contributed by atoms with E-state index in [1.54, 1.807) is 13.4 Å². The highest BCUT2D eigenvalue weighted by atomic mass is 32.1. The lowest BCUT2D eigenvalue weighted by atomic mass is 10.2. The van der Waals surface area contributed by atoms with Gasteiger partial charge < -0.3 is 19.8 Å². The number of ether oxygens (including phenoxy) is 1. The Hall–Kier alpha value is -3.46. The van der Waals surface area contributed by atoms with Crippen LogP contribution < -0.4 is 20.7 Å². The first-order chi connectivity index (χ1) is 14.5. The van der Waals surface area contributed by atoms with Gasteiger partial charge in [-0.1, -0.05) is 18.2 Å². The number of hydrogen-bond acceptors (Lipinski definition) is 6. The molecule has 0 amide bonds. The molecular formula is C21H24N6O2S. The molecule has 0 saturated heterocycles. The van der Waals surface area contributed by atoms with E-state index in [0.717, 1.165) is 28.5 Å². The van der Waals surface area contributed by atoms with E-state index in [2.05, 4.69) is 30.9 Å². The summed E-state index contributed by atoms with van der Waals surface area (Å²) in [5.74, 6) is 2.40. The molecule has 0 atom stereocenters. The fourth-order valence-corrected chi connectivity index (χ4v) is 2.90. The van der Waals surface area contributed by atoms with E-state index in [9.17, 15) is 0 Å². The summed E-state index contributed by atoms with van der Waals surface area (Å²) in [6, 6.07) is 13.3. The van der Waals surface area contributed by atoms with Crippen molar-refractivity contribution in [3.05, 3.63) is 71.4 Å². The second-order valence-electron chi connectivity index (χ2n) is 6.46. The fourth-order valence-electron chi connectivity index (χ4n) is 2.73. The van der Waals surface area contributed by atoms with Crippen LogP contribution >= 0.6 is 12.2 Å². The average Bonchev–Trinajstić information content (AvgIpc) is 3.23. The maximum Gasteiger partial charge on any atom is 0.229 e. The number of hydrogen-bond donors (Lipinski definition) is 3. The van der Waals surface area contributed by atoms with E-state index >= 15 is 0 Å². The molecule has 0 aliphatic heterocycles. The van der Waals surface area contributed by atoms with Gasteiger partial charge in [-0.05, 0) is 50.3 Å². The highest BCUT2D eigenvalue weighted by Gasteiger charge is 2.08. The first-order valence-corrected chi connectivity index (χ1v) is 9.77. The van der Waals surface area contributed by atoms with Crippen molar-refractivity contribution in [1.29, 1.82) is 0 Å². The van der Waals surface area contributed by atoms with Crippen LogP contribution in [0.4, 0.5) is 5.95 Å². The molecule has 0 fully saturated rings. The number of rotatable bonds is 6. The zero-order valence-electron chi connectivity index (χ0n) is 17.1. The lowest BCUT2D eigenvalue weighted by Gasteiger charge is -2.14. The van der Waals surface area contributed by atoms with Gasteiger partial charge in [0.25, 0.3) is 0 Å². The van der Waals surface area contributed by atoms with Crippen LogP contribution in [0.1, 0.15) is 22.7 Å². The molecule has 30 heavy (non-hydrogen) atoms. The number of nitrogens with one attached hydrogen (secondary N) is 3. The van der Waals surface area contributed by atoms with Crippen molar-refractivity contribution in [2.24, 2.45) is 4.99 Å². The lowest BCUT2D eigenvalue weighted by molar-refractivity contribution is 0.410. The third-order valence-corrected chi connectivity index (χ3v) is 4.29. The van der Waals surface area contributed by atoms with Crippen LogP contribution in [0, 0.1) is 13.8 Å². The van der Waals surface area contributed by atoms with E-state index in [1.165, 1.54) is 0 Å². The summed E-state index contributed by atoms with van der Waals surface area (Å²) in [6.07, 6.45) is 1.62. The molecule has 1 aromatic carbocycles. The zero-order chi connectivity index (χ0) is 21.3. The number of thiocarbonyl (C=S) groups is 1. The quantitative estimate of drug-likeness (QED) is 0.315. The number of methoxy groups -OCH3 is 1. The van der Waals surface area contributed by atoms with Crippen LogP contribution in [0.25, 0.3) is 0 Å². The predicted molar refractivity (Wildman–Crippen MR) is 121 cm³/mol. The minimum Gasteiger partial charge on any atom is -0.496 e. The van der Waals surface area contributed by atoms with E-state index in [4.69, 9.17) is 21.4 Å². The van der Waals surface area contributed by atoms with Gasteiger partial charge in [0, 0.05) is 17.0 Å². The van der Waals surface area contributed by atoms with Gasteiger partial charge in [-0.2, -0.15) is 0 Å². The molecule has 0 aliphatic carbocycles. The molecular weight excluding hydrogens is 400 g/mol. The molecule has 0 unspecified atom stereocenters. The summed E-state index contributed by atoms with van der Waals surface area (Å²) in [5.41, 5.74) is 2.65. The maximum absolute atomic E-state index is 5.41. The summed E-state index contributed by atoms with van der Waals surface area (Å²) in [6.45, 7) is 4.66. The standard InChI is InChI=1S/C21H24N6O2S/c1-14-11-15(2)25-20(24-14)26-19(22-12-16-7-4-5-9-18(16)28-3)27-21(30)23-13-17-8-6-10-29-17/h4-11H,12-13H2,1-3H3,(H3,22,23,24,25,26,27,30). The van der Waals surface area contributed by atoms with Crippen molar-refractivity contribution in [3.63, 3.8) is 0 Å². The number of aryl methyl sites for hydroxylation is 2. The van der Waals surface area contributed by atoms with Gasteiger partial charge in [0.1, 0.15) is 11.5 Å². The Morgan fingerprint density at radius 2 is 1.90 bits per heavy atom. The molecule has 8 nitrogen and oxygen atoms in total. The lowest BCUT2D eigenvalue weighted by Crippen LogP contribution is -2.42. The molecule has 0 saturated carbocycles. The summed E-state index contributed by atoms with van der Waals surface area (Å²) in [4.78, 5) is 13.4. The highest BCUT2D eigenvalue weighted by Crippen LogP contribution is 2.18. The Morgan fingerprint density at radius 1 is 1.13 bits per heavy atom. The van der Waals surface area contributed by atoms with Crippen LogP contribution in [0.2, 0.25) is 0 Å². The predicted octanol–water partition coefficient (Wildman–Crippen LogP) is 3.33. The monoisotopic (exact) mass is 424 g/mol. The first kappa shape index (κ1) is 21.3. The molecule has 0 radical (unpaired) electrons. The van der Waals surface area contributed by atoms with E-state index < -0.39 is 0 Å². The Labute approximate surface area is 180 Å². The zero-order valence-corrected chi connectivity index (χ0v) is 17.9. The number of aromatic nitrogens is 2. The van der Waals surface area contributed by atoms with Gasteiger partial charge in [0.05, 0.1) is 26.5 Å². The molecule has 0 bridgehead atoms. The van der Waals surface area contributed by atoms with Gasteiger partial charge in [0.15, 0.2) is 5.11 Å². The summed E-state index contributed by atoms with van der Waals surface area (Å²) < 4.78 is 10.7. The molecule has 0 aliphatic rings. The third kappa shape index (κ3) is 6.28. The Kier molecular flexibility index (Phi) is 7.34. The van der Waals surface area contributed by atoms with E-state index in [0.29, 0.717) is 30.1 Å². The average molecular weight is 425 g/mol. The molecule has 156 valence electrons. The maximum atomic E-state index is 5.41. The minimum atomic E-state index is 0.380. The van der Waals surface area contributed by atoms with Crippen LogP contribution in [0.5, 0.6) is 5.75 Å². The van der Waals surface area contributed by atoms with Gasteiger partial charge in [-0.3, -0.25) is 5.32 Å². The number of furan rings is 1. The summed E-state index contributed by atoms with van der Waals surface area (Å²) in [5, 5.41) is 9.66. The normalized spacial score (nSPS) is 11.1. The molecule has 3 aromatic rings. The van der Waals surface area contributed by atoms with Crippen molar-refractivity contribution in [1.82, 2.24) is 20.6 Å². The third-order valence-electron chi connectivity index (χ3n) is 4.05. The first-order valence-electron chi connectivity index (χ1n) is 9.36. The number of benzene rings is 1.